The largest absolute Gasteiger partial charge is 0.449 e. The second-order valence-electron chi connectivity index (χ2n) is 6.38. The van der Waals surface area contributed by atoms with Crippen LogP contribution in [0.25, 0.3) is 11.0 Å². The molecule has 136 valence electrons. The summed E-state index contributed by atoms with van der Waals surface area (Å²) in [5, 5.41) is 4.79. The van der Waals surface area contributed by atoms with Gasteiger partial charge in [-0.2, -0.15) is 0 Å². The first-order valence-electron chi connectivity index (χ1n) is 8.41. The molecule has 0 spiro atoms. The Bertz CT molecular complexity index is 892. The quantitative estimate of drug-likeness (QED) is 0.808. The van der Waals surface area contributed by atoms with Crippen LogP contribution in [0.5, 0.6) is 0 Å². The van der Waals surface area contributed by atoms with Gasteiger partial charge in [-0.05, 0) is 51.8 Å². The number of urea groups is 1. The average Bonchev–Trinajstić information content (AvgIpc) is 3.39. The first kappa shape index (κ1) is 17.8. The first-order chi connectivity index (χ1) is 12.3. The molecule has 0 saturated heterocycles. The number of rotatable bonds is 4. The summed E-state index contributed by atoms with van der Waals surface area (Å²) < 4.78 is 5.14. The number of ether oxygens (including phenoxy) is 1. The summed E-state index contributed by atoms with van der Waals surface area (Å²) in [5.41, 5.74) is 3.10. The molecule has 1 heterocycles. The fraction of sp³-hybridized carbons (Fsp3) is 0.389. The lowest BCUT2D eigenvalue weighted by molar-refractivity contribution is -0.127. The molecule has 2 aromatic rings. The van der Waals surface area contributed by atoms with Gasteiger partial charge in [0, 0.05) is 6.04 Å². The van der Waals surface area contributed by atoms with E-state index in [4.69, 9.17) is 4.74 Å². The zero-order chi connectivity index (χ0) is 18.8. The molecule has 3 amide bonds. The van der Waals surface area contributed by atoms with Crippen molar-refractivity contribution in [1.29, 1.82) is 0 Å². The zero-order valence-corrected chi connectivity index (χ0v) is 14.8. The topological polar surface area (TPSA) is 110 Å². The van der Waals surface area contributed by atoms with Crippen molar-refractivity contribution in [3.05, 3.63) is 35.2 Å². The number of carbonyl (C=O) groups is 3. The predicted molar refractivity (Wildman–Crippen MR) is 93.6 cm³/mol. The Morgan fingerprint density at radius 3 is 2.42 bits per heavy atom. The first-order valence-corrected chi connectivity index (χ1v) is 8.41. The van der Waals surface area contributed by atoms with E-state index < -0.39 is 24.0 Å². The van der Waals surface area contributed by atoms with Gasteiger partial charge >= 0.3 is 12.0 Å². The highest BCUT2D eigenvalue weighted by molar-refractivity contribution is 5.99. The van der Waals surface area contributed by atoms with E-state index in [1.165, 1.54) is 6.92 Å². The van der Waals surface area contributed by atoms with Gasteiger partial charge in [0.25, 0.3) is 5.91 Å². The lowest BCUT2D eigenvalue weighted by Gasteiger charge is -2.13. The molecule has 3 rings (SSSR count). The third kappa shape index (κ3) is 4.14. The molecular weight excluding hydrogens is 336 g/mol. The van der Waals surface area contributed by atoms with E-state index in [1.54, 1.807) is 18.2 Å². The predicted octanol–water partition coefficient (Wildman–Crippen LogP) is 1.78. The summed E-state index contributed by atoms with van der Waals surface area (Å²) in [5.74, 6) is -1.35. The number of aromatic nitrogens is 2. The summed E-state index contributed by atoms with van der Waals surface area (Å²) in [6, 6.07) is 4.37. The number of esters is 1. The molecule has 0 radical (unpaired) electrons. The highest BCUT2D eigenvalue weighted by Gasteiger charge is 2.26. The maximum Gasteiger partial charge on any atom is 0.338 e. The van der Waals surface area contributed by atoms with E-state index in [2.05, 4.69) is 20.6 Å². The molecule has 0 aliphatic heterocycles. The monoisotopic (exact) mass is 356 g/mol. The average molecular weight is 356 g/mol. The van der Waals surface area contributed by atoms with Crippen molar-refractivity contribution in [2.24, 2.45) is 0 Å². The lowest BCUT2D eigenvalue weighted by atomic mass is 10.2. The van der Waals surface area contributed by atoms with E-state index in [9.17, 15) is 14.4 Å². The number of hydrogen-bond donors (Lipinski definition) is 2. The Hall–Kier alpha value is -3.03. The Balaban J connectivity index is 1.64. The van der Waals surface area contributed by atoms with Crippen LogP contribution in [0.1, 0.15) is 41.5 Å². The third-order valence-electron chi connectivity index (χ3n) is 4.11. The molecule has 1 aliphatic carbocycles. The molecule has 1 unspecified atom stereocenters. The van der Waals surface area contributed by atoms with Crippen LogP contribution in [-0.2, 0) is 9.53 Å². The number of aryl methyl sites for hydroxylation is 2. The normalized spacial score (nSPS) is 14.6. The highest BCUT2D eigenvalue weighted by atomic mass is 16.5. The standard InChI is InChI=1S/C18H20N4O4/c1-9-10(2)20-15-8-12(4-7-14(15)19-9)17(24)26-11(3)16(23)22-18(25)21-13-5-6-13/h4,7-8,11,13H,5-6H2,1-3H3,(H2,21,22,23,25). The molecule has 8 heteroatoms. The highest BCUT2D eigenvalue weighted by Crippen LogP contribution is 2.18. The summed E-state index contributed by atoms with van der Waals surface area (Å²) in [6.45, 7) is 5.11. The number of imide groups is 1. The van der Waals surface area contributed by atoms with Crippen molar-refractivity contribution >= 4 is 28.9 Å². The number of benzene rings is 1. The Labute approximate surface area is 150 Å². The smallest absolute Gasteiger partial charge is 0.338 e. The molecule has 1 aromatic carbocycles. The lowest BCUT2D eigenvalue weighted by Crippen LogP contribution is -2.45. The molecule has 1 aliphatic rings. The van der Waals surface area contributed by atoms with Crippen molar-refractivity contribution < 1.29 is 19.1 Å². The zero-order valence-electron chi connectivity index (χ0n) is 14.8. The molecule has 1 aromatic heterocycles. The summed E-state index contributed by atoms with van der Waals surface area (Å²) in [6.07, 6.45) is 0.723. The van der Waals surface area contributed by atoms with Crippen molar-refractivity contribution in [1.82, 2.24) is 20.6 Å². The Morgan fingerprint density at radius 1 is 1.12 bits per heavy atom. The fourth-order valence-electron chi connectivity index (χ4n) is 2.30. The van der Waals surface area contributed by atoms with E-state index in [0.29, 0.717) is 11.0 Å². The molecular formula is C18H20N4O4. The number of nitrogens with one attached hydrogen (secondary N) is 2. The molecule has 8 nitrogen and oxygen atoms in total. The summed E-state index contributed by atoms with van der Waals surface area (Å²) in [4.78, 5) is 44.6. The summed E-state index contributed by atoms with van der Waals surface area (Å²) in [7, 11) is 0. The van der Waals surface area contributed by atoms with Crippen LogP contribution < -0.4 is 10.6 Å². The van der Waals surface area contributed by atoms with Gasteiger partial charge in [-0.3, -0.25) is 10.1 Å². The number of carbonyl (C=O) groups excluding carboxylic acids is 3. The van der Waals surface area contributed by atoms with Crippen LogP contribution in [0.3, 0.4) is 0 Å². The second kappa shape index (κ2) is 7.07. The SMILES string of the molecule is Cc1nc2ccc(C(=O)OC(C)C(=O)NC(=O)NC3CC3)cc2nc1C. The maximum atomic E-state index is 12.3. The van der Waals surface area contributed by atoms with Crippen LogP contribution in [0, 0.1) is 13.8 Å². The molecule has 1 fully saturated rings. The van der Waals surface area contributed by atoms with Gasteiger partial charge in [-0.1, -0.05) is 0 Å². The fourth-order valence-corrected chi connectivity index (χ4v) is 2.30. The van der Waals surface area contributed by atoms with Gasteiger partial charge in [0.15, 0.2) is 6.10 Å². The van der Waals surface area contributed by atoms with E-state index in [0.717, 1.165) is 24.2 Å². The van der Waals surface area contributed by atoms with Gasteiger partial charge in [-0.15, -0.1) is 0 Å². The van der Waals surface area contributed by atoms with Crippen molar-refractivity contribution in [3.8, 4) is 0 Å². The van der Waals surface area contributed by atoms with E-state index in [-0.39, 0.29) is 11.6 Å². The summed E-state index contributed by atoms with van der Waals surface area (Å²) >= 11 is 0. The number of nitrogens with zero attached hydrogens (tertiary/aromatic N) is 2. The van der Waals surface area contributed by atoms with Crippen LogP contribution in [-0.4, -0.2) is 40.0 Å². The van der Waals surface area contributed by atoms with Crippen LogP contribution in [0.15, 0.2) is 18.2 Å². The number of hydrogen-bond acceptors (Lipinski definition) is 6. The van der Waals surface area contributed by atoms with Gasteiger partial charge in [0.1, 0.15) is 0 Å². The molecule has 1 atom stereocenters. The Kier molecular flexibility index (Phi) is 4.83. The minimum atomic E-state index is -1.10. The molecule has 2 N–H and O–H groups in total. The molecule has 26 heavy (non-hydrogen) atoms. The number of fused-ring (bicyclic) bond motifs is 1. The van der Waals surface area contributed by atoms with E-state index in [1.807, 2.05) is 13.8 Å². The van der Waals surface area contributed by atoms with E-state index >= 15 is 0 Å². The Morgan fingerprint density at radius 2 is 1.77 bits per heavy atom. The van der Waals surface area contributed by atoms with Crippen LogP contribution >= 0.6 is 0 Å². The van der Waals surface area contributed by atoms with Gasteiger partial charge in [0.05, 0.1) is 28.0 Å². The van der Waals surface area contributed by atoms with Crippen molar-refractivity contribution in [3.63, 3.8) is 0 Å². The van der Waals surface area contributed by atoms with Gasteiger partial charge in [0.2, 0.25) is 0 Å². The van der Waals surface area contributed by atoms with Crippen molar-refractivity contribution in [2.45, 2.75) is 45.8 Å². The van der Waals surface area contributed by atoms with Crippen LogP contribution in [0.4, 0.5) is 4.79 Å². The maximum absolute atomic E-state index is 12.3. The third-order valence-corrected chi connectivity index (χ3v) is 4.11. The van der Waals surface area contributed by atoms with Crippen molar-refractivity contribution in [2.75, 3.05) is 0 Å². The van der Waals surface area contributed by atoms with Gasteiger partial charge in [-0.25, -0.2) is 19.6 Å². The molecule has 0 bridgehead atoms. The minimum Gasteiger partial charge on any atom is -0.449 e. The minimum absolute atomic E-state index is 0.131. The molecule has 1 saturated carbocycles. The number of amides is 3. The van der Waals surface area contributed by atoms with Gasteiger partial charge < -0.3 is 10.1 Å². The second-order valence-corrected chi connectivity index (χ2v) is 6.38. The van der Waals surface area contributed by atoms with Crippen LogP contribution in [0.2, 0.25) is 0 Å².